The van der Waals surface area contributed by atoms with Crippen LogP contribution >= 0.6 is 11.6 Å². The van der Waals surface area contributed by atoms with E-state index in [9.17, 15) is 0 Å². The van der Waals surface area contributed by atoms with E-state index in [1.54, 1.807) is 0 Å². The SMILES string of the molecule is CCOc1cccc(CNCCc2ccccc2)c1OCc1ccc(Cl)cc1. The highest BCUT2D eigenvalue weighted by molar-refractivity contribution is 6.30. The monoisotopic (exact) mass is 395 g/mol. The fourth-order valence-electron chi connectivity index (χ4n) is 2.97. The van der Waals surface area contributed by atoms with Gasteiger partial charge >= 0.3 is 0 Å². The van der Waals surface area contributed by atoms with Crippen molar-refractivity contribution in [3.8, 4) is 11.5 Å². The molecule has 3 rings (SSSR count). The van der Waals surface area contributed by atoms with Crippen LogP contribution in [0.5, 0.6) is 11.5 Å². The largest absolute Gasteiger partial charge is 0.490 e. The first-order chi connectivity index (χ1) is 13.8. The highest BCUT2D eigenvalue weighted by Gasteiger charge is 2.11. The van der Waals surface area contributed by atoms with Crippen LogP contribution in [0.1, 0.15) is 23.6 Å². The van der Waals surface area contributed by atoms with Crippen LogP contribution in [0.4, 0.5) is 0 Å². The number of nitrogens with one attached hydrogen (secondary N) is 1. The lowest BCUT2D eigenvalue weighted by atomic mass is 10.1. The predicted octanol–water partition coefficient (Wildman–Crippen LogP) is 5.65. The van der Waals surface area contributed by atoms with Crippen molar-refractivity contribution < 1.29 is 9.47 Å². The first kappa shape index (κ1) is 20.2. The smallest absolute Gasteiger partial charge is 0.166 e. The molecule has 0 aliphatic carbocycles. The molecule has 0 aliphatic heterocycles. The van der Waals surface area contributed by atoms with Gasteiger partial charge in [-0.3, -0.25) is 0 Å². The van der Waals surface area contributed by atoms with E-state index < -0.39 is 0 Å². The number of para-hydroxylation sites is 1. The minimum absolute atomic E-state index is 0.471. The van der Waals surface area contributed by atoms with Crippen molar-refractivity contribution in [2.75, 3.05) is 13.2 Å². The third-order valence-electron chi connectivity index (χ3n) is 4.41. The van der Waals surface area contributed by atoms with Gasteiger partial charge in [-0.05, 0) is 49.2 Å². The first-order valence-corrected chi connectivity index (χ1v) is 10.0. The number of benzene rings is 3. The number of rotatable bonds is 10. The maximum absolute atomic E-state index is 6.15. The third-order valence-corrected chi connectivity index (χ3v) is 4.66. The molecule has 0 bridgehead atoms. The van der Waals surface area contributed by atoms with Crippen molar-refractivity contribution in [2.24, 2.45) is 0 Å². The molecule has 0 saturated carbocycles. The molecule has 0 fully saturated rings. The lowest BCUT2D eigenvalue weighted by Crippen LogP contribution is -2.17. The van der Waals surface area contributed by atoms with E-state index in [4.69, 9.17) is 21.1 Å². The van der Waals surface area contributed by atoms with Crippen LogP contribution in [0.3, 0.4) is 0 Å². The van der Waals surface area contributed by atoms with Crippen molar-refractivity contribution in [3.05, 3.63) is 94.5 Å². The molecule has 0 amide bonds. The summed E-state index contributed by atoms with van der Waals surface area (Å²) in [6, 6.07) is 24.2. The van der Waals surface area contributed by atoms with Gasteiger partial charge in [-0.25, -0.2) is 0 Å². The quantitative estimate of drug-likeness (QED) is 0.450. The minimum Gasteiger partial charge on any atom is -0.490 e. The minimum atomic E-state index is 0.471. The van der Waals surface area contributed by atoms with Gasteiger partial charge in [0.25, 0.3) is 0 Å². The molecule has 0 unspecified atom stereocenters. The molecule has 3 nitrogen and oxygen atoms in total. The van der Waals surface area contributed by atoms with E-state index >= 15 is 0 Å². The Hall–Kier alpha value is -2.49. The summed E-state index contributed by atoms with van der Waals surface area (Å²) in [5.74, 6) is 1.57. The zero-order chi connectivity index (χ0) is 19.6. The van der Waals surface area contributed by atoms with Gasteiger partial charge in [-0.15, -0.1) is 0 Å². The van der Waals surface area contributed by atoms with Gasteiger partial charge in [0, 0.05) is 17.1 Å². The zero-order valence-electron chi connectivity index (χ0n) is 16.2. The Labute approximate surface area is 172 Å². The second kappa shape index (κ2) is 10.7. The van der Waals surface area contributed by atoms with E-state index in [0.717, 1.165) is 47.2 Å². The summed E-state index contributed by atoms with van der Waals surface area (Å²) < 4.78 is 11.9. The van der Waals surface area contributed by atoms with Crippen LogP contribution in [0.15, 0.2) is 72.8 Å². The fourth-order valence-corrected chi connectivity index (χ4v) is 3.10. The number of hydrogen-bond donors (Lipinski definition) is 1. The van der Waals surface area contributed by atoms with Gasteiger partial charge in [0.15, 0.2) is 11.5 Å². The maximum Gasteiger partial charge on any atom is 0.166 e. The molecule has 0 aromatic heterocycles. The summed E-state index contributed by atoms with van der Waals surface area (Å²) in [4.78, 5) is 0. The molecule has 0 heterocycles. The molecule has 0 aliphatic rings. The van der Waals surface area contributed by atoms with Crippen LogP contribution < -0.4 is 14.8 Å². The molecule has 0 saturated heterocycles. The maximum atomic E-state index is 6.15. The molecule has 0 atom stereocenters. The average molecular weight is 396 g/mol. The Morgan fingerprint density at radius 2 is 1.61 bits per heavy atom. The topological polar surface area (TPSA) is 30.5 Å². The molecule has 146 valence electrons. The average Bonchev–Trinajstić information content (AvgIpc) is 2.73. The van der Waals surface area contributed by atoms with Gasteiger partial charge in [-0.2, -0.15) is 0 Å². The normalized spacial score (nSPS) is 10.6. The summed E-state index contributed by atoms with van der Waals surface area (Å²) in [7, 11) is 0. The van der Waals surface area contributed by atoms with E-state index in [-0.39, 0.29) is 0 Å². The van der Waals surface area contributed by atoms with E-state index in [1.807, 2.05) is 49.4 Å². The lowest BCUT2D eigenvalue weighted by Gasteiger charge is -2.16. The standard InChI is InChI=1S/C24H26ClNO2/c1-2-27-23-10-6-9-21(17-26-16-15-19-7-4-3-5-8-19)24(23)28-18-20-11-13-22(25)14-12-20/h3-14,26H,2,15-18H2,1H3. The molecule has 28 heavy (non-hydrogen) atoms. The van der Waals surface area contributed by atoms with Crippen LogP contribution in [-0.4, -0.2) is 13.2 Å². The molecule has 1 N–H and O–H groups in total. The van der Waals surface area contributed by atoms with Crippen molar-refractivity contribution in [2.45, 2.75) is 26.5 Å². The van der Waals surface area contributed by atoms with Crippen molar-refractivity contribution in [1.82, 2.24) is 5.32 Å². The fraction of sp³-hybridized carbons (Fsp3) is 0.250. The molecule has 0 spiro atoms. The third kappa shape index (κ3) is 6.01. The Morgan fingerprint density at radius 1 is 0.821 bits per heavy atom. The summed E-state index contributed by atoms with van der Waals surface area (Å²) in [6.45, 7) is 4.68. The number of ether oxygens (including phenoxy) is 2. The predicted molar refractivity (Wildman–Crippen MR) is 115 cm³/mol. The van der Waals surface area contributed by atoms with Crippen LogP contribution in [0.2, 0.25) is 5.02 Å². The molecule has 0 radical (unpaired) electrons. The molecular weight excluding hydrogens is 370 g/mol. The summed E-state index contributed by atoms with van der Waals surface area (Å²) >= 11 is 5.97. The van der Waals surface area contributed by atoms with Crippen molar-refractivity contribution in [3.63, 3.8) is 0 Å². The summed E-state index contributed by atoms with van der Waals surface area (Å²) in [5.41, 5.74) is 3.49. The molecular formula is C24H26ClNO2. The van der Waals surface area contributed by atoms with Gasteiger partial charge in [0.05, 0.1) is 6.61 Å². The van der Waals surface area contributed by atoms with E-state index in [2.05, 4.69) is 35.6 Å². The zero-order valence-corrected chi connectivity index (χ0v) is 16.9. The van der Waals surface area contributed by atoms with Gasteiger partial charge in [-0.1, -0.05) is 66.2 Å². The van der Waals surface area contributed by atoms with Gasteiger partial charge < -0.3 is 14.8 Å². The van der Waals surface area contributed by atoms with Crippen LogP contribution in [-0.2, 0) is 19.6 Å². The Bertz CT molecular complexity index is 850. The highest BCUT2D eigenvalue weighted by Crippen LogP contribution is 2.32. The number of halogens is 1. The van der Waals surface area contributed by atoms with Crippen LogP contribution in [0.25, 0.3) is 0 Å². The van der Waals surface area contributed by atoms with Crippen molar-refractivity contribution >= 4 is 11.6 Å². The van der Waals surface area contributed by atoms with Gasteiger partial charge in [0.1, 0.15) is 6.61 Å². The molecule has 3 aromatic rings. The van der Waals surface area contributed by atoms with Crippen molar-refractivity contribution in [1.29, 1.82) is 0 Å². The molecule has 3 aromatic carbocycles. The summed E-state index contributed by atoms with van der Waals surface area (Å²) in [6.07, 6.45) is 0.993. The van der Waals surface area contributed by atoms with Crippen LogP contribution in [0, 0.1) is 0 Å². The Kier molecular flexibility index (Phi) is 7.77. The highest BCUT2D eigenvalue weighted by atomic mass is 35.5. The lowest BCUT2D eigenvalue weighted by molar-refractivity contribution is 0.266. The Morgan fingerprint density at radius 3 is 2.36 bits per heavy atom. The summed E-state index contributed by atoms with van der Waals surface area (Å²) in [5, 5.41) is 4.24. The van der Waals surface area contributed by atoms with Gasteiger partial charge in [0.2, 0.25) is 0 Å². The second-order valence-corrected chi connectivity index (χ2v) is 6.94. The molecule has 4 heteroatoms. The Balaban J connectivity index is 1.63. The second-order valence-electron chi connectivity index (χ2n) is 6.50. The first-order valence-electron chi connectivity index (χ1n) is 9.63. The number of hydrogen-bond acceptors (Lipinski definition) is 3. The van der Waals surface area contributed by atoms with E-state index in [1.165, 1.54) is 5.56 Å². The van der Waals surface area contributed by atoms with E-state index in [0.29, 0.717) is 13.2 Å².